The number of nitrogens with zero attached hydrogens (tertiary/aromatic N) is 3. The molecule has 0 radical (unpaired) electrons. The first kappa shape index (κ1) is 21.5. The summed E-state index contributed by atoms with van der Waals surface area (Å²) in [5.74, 6) is 0.269. The Morgan fingerprint density at radius 3 is 2.52 bits per heavy atom. The van der Waals surface area contributed by atoms with Crippen molar-refractivity contribution in [3.63, 3.8) is 0 Å². The first-order valence-corrected chi connectivity index (χ1v) is 11.2. The molecule has 1 aliphatic rings. The molecule has 0 saturated carbocycles. The maximum atomic E-state index is 13.4. The molecule has 3 aromatic rings. The third-order valence-electron chi connectivity index (χ3n) is 5.30. The fourth-order valence-electron chi connectivity index (χ4n) is 3.65. The van der Waals surface area contributed by atoms with Gasteiger partial charge in [0.05, 0.1) is 16.4 Å². The lowest BCUT2D eigenvalue weighted by Crippen LogP contribution is -2.39. The lowest BCUT2D eigenvalue weighted by molar-refractivity contribution is -0.139. The van der Waals surface area contributed by atoms with Gasteiger partial charge in [-0.3, -0.25) is 0 Å². The highest BCUT2D eigenvalue weighted by molar-refractivity contribution is 7.89. The predicted octanol–water partition coefficient (Wildman–Crippen LogP) is 4.63. The van der Waals surface area contributed by atoms with Crippen LogP contribution in [0.15, 0.2) is 57.9 Å². The van der Waals surface area contributed by atoms with E-state index in [4.69, 9.17) is 4.52 Å². The topological polar surface area (TPSA) is 76.3 Å². The standard InChI is InChI=1S/C21H20F3N3O3S/c1-14-8-10-15(11-9-14)19-25-20(30-26-19)16-5-4-12-27(13-16)31(28,29)18-7-3-2-6-17(18)21(22,23)24/h2-3,6-11,16H,4-5,12-13H2,1H3. The number of piperidine rings is 1. The summed E-state index contributed by atoms with van der Waals surface area (Å²) in [7, 11) is -4.34. The normalized spacial score (nSPS) is 18.3. The molecule has 1 aliphatic heterocycles. The molecule has 0 spiro atoms. The van der Waals surface area contributed by atoms with Crippen LogP contribution in [0.1, 0.15) is 35.8 Å². The van der Waals surface area contributed by atoms with Crippen LogP contribution in [0.25, 0.3) is 11.4 Å². The van der Waals surface area contributed by atoms with Gasteiger partial charge in [0.2, 0.25) is 21.7 Å². The molecule has 31 heavy (non-hydrogen) atoms. The van der Waals surface area contributed by atoms with Gasteiger partial charge in [-0.2, -0.15) is 22.5 Å². The van der Waals surface area contributed by atoms with Crippen LogP contribution < -0.4 is 0 Å². The minimum absolute atomic E-state index is 0.0238. The monoisotopic (exact) mass is 451 g/mol. The van der Waals surface area contributed by atoms with E-state index in [1.807, 2.05) is 31.2 Å². The Bertz CT molecular complexity index is 1170. The van der Waals surface area contributed by atoms with Crippen molar-refractivity contribution in [2.45, 2.75) is 36.8 Å². The van der Waals surface area contributed by atoms with E-state index in [0.29, 0.717) is 18.7 Å². The van der Waals surface area contributed by atoms with Crippen molar-refractivity contribution in [3.05, 3.63) is 65.5 Å². The van der Waals surface area contributed by atoms with Gasteiger partial charge in [0, 0.05) is 18.7 Å². The summed E-state index contributed by atoms with van der Waals surface area (Å²) in [4.78, 5) is 3.66. The molecular weight excluding hydrogens is 431 g/mol. The molecule has 0 bridgehead atoms. The van der Waals surface area contributed by atoms with Crippen molar-refractivity contribution in [1.82, 2.24) is 14.4 Å². The van der Waals surface area contributed by atoms with Gasteiger partial charge in [-0.1, -0.05) is 47.1 Å². The summed E-state index contributed by atoms with van der Waals surface area (Å²) in [5, 5.41) is 3.98. The summed E-state index contributed by atoms with van der Waals surface area (Å²) in [5.41, 5.74) is 0.677. The Labute approximate surface area is 177 Å². The number of benzene rings is 2. The van der Waals surface area contributed by atoms with Crippen LogP contribution in [-0.4, -0.2) is 36.0 Å². The Kier molecular flexibility index (Phi) is 5.61. The lowest BCUT2D eigenvalue weighted by Gasteiger charge is -2.30. The Hall–Kier alpha value is -2.72. The largest absolute Gasteiger partial charge is 0.417 e. The number of sulfonamides is 1. The van der Waals surface area contributed by atoms with Gasteiger partial charge in [0.15, 0.2) is 0 Å². The lowest BCUT2D eigenvalue weighted by atomic mass is 10.00. The van der Waals surface area contributed by atoms with Gasteiger partial charge >= 0.3 is 6.18 Å². The molecule has 1 saturated heterocycles. The van der Waals surface area contributed by atoms with Crippen LogP contribution in [0.3, 0.4) is 0 Å². The molecule has 1 aromatic heterocycles. The van der Waals surface area contributed by atoms with Crippen molar-refractivity contribution in [1.29, 1.82) is 0 Å². The van der Waals surface area contributed by atoms with E-state index in [-0.39, 0.29) is 19.0 Å². The van der Waals surface area contributed by atoms with Gasteiger partial charge in [-0.15, -0.1) is 0 Å². The third kappa shape index (κ3) is 4.35. The highest BCUT2D eigenvalue weighted by Crippen LogP contribution is 2.37. The summed E-state index contributed by atoms with van der Waals surface area (Å²) in [6, 6.07) is 11.8. The molecule has 10 heteroatoms. The van der Waals surface area contributed by atoms with E-state index in [9.17, 15) is 21.6 Å². The number of aryl methyl sites for hydroxylation is 1. The molecule has 4 rings (SSSR count). The molecule has 164 valence electrons. The number of hydrogen-bond donors (Lipinski definition) is 0. The molecule has 0 aliphatic carbocycles. The van der Waals surface area contributed by atoms with E-state index in [1.54, 1.807) is 0 Å². The van der Waals surface area contributed by atoms with E-state index < -0.39 is 32.6 Å². The molecule has 6 nitrogen and oxygen atoms in total. The fourth-order valence-corrected chi connectivity index (χ4v) is 5.38. The maximum Gasteiger partial charge on any atom is 0.417 e. The van der Waals surface area contributed by atoms with E-state index in [1.165, 1.54) is 12.1 Å². The van der Waals surface area contributed by atoms with E-state index >= 15 is 0 Å². The zero-order valence-corrected chi connectivity index (χ0v) is 17.4. The molecule has 1 atom stereocenters. The quantitative estimate of drug-likeness (QED) is 0.578. The predicted molar refractivity (Wildman–Crippen MR) is 107 cm³/mol. The van der Waals surface area contributed by atoms with Crippen LogP contribution >= 0.6 is 0 Å². The first-order chi connectivity index (χ1) is 14.7. The third-order valence-corrected chi connectivity index (χ3v) is 7.22. The van der Waals surface area contributed by atoms with Gasteiger partial charge in [-0.25, -0.2) is 8.42 Å². The Balaban J connectivity index is 1.59. The summed E-state index contributed by atoms with van der Waals surface area (Å²) in [6.07, 6.45) is -3.70. The number of alkyl halides is 3. The highest BCUT2D eigenvalue weighted by atomic mass is 32.2. The first-order valence-electron chi connectivity index (χ1n) is 9.73. The van der Waals surface area contributed by atoms with Gasteiger partial charge in [-0.05, 0) is 31.9 Å². The molecule has 0 amide bonds. The van der Waals surface area contributed by atoms with Crippen molar-refractivity contribution in [2.24, 2.45) is 0 Å². The SMILES string of the molecule is Cc1ccc(-c2noc(C3CCCN(S(=O)(=O)c4ccccc4C(F)(F)F)C3)n2)cc1. The smallest absolute Gasteiger partial charge is 0.339 e. The second-order valence-corrected chi connectivity index (χ2v) is 9.42. The molecule has 0 N–H and O–H groups in total. The van der Waals surface area contributed by atoms with Crippen LogP contribution in [0.4, 0.5) is 13.2 Å². The van der Waals surface area contributed by atoms with Crippen molar-refractivity contribution in [2.75, 3.05) is 13.1 Å². The molecule has 1 unspecified atom stereocenters. The molecule has 2 heterocycles. The van der Waals surface area contributed by atoms with Crippen LogP contribution in [0.2, 0.25) is 0 Å². The van der Waals surface area contributed by atoms with Gasteiger partial charge < -0.3 is 4.52 Å². The van der Waals surface area contributed by atoms with Crippen LogP contribution in [-0.2, 0) is 16.2 Å². The average molecular weight is 451 g/mol. The van der Waals surface area contributed by atoms with Crippen LogP contribution in [0.5, 0.6) is 0 Å². The Morgan fingerprint density at radius 2 is 1.81 bits per heavy atom. The number of rotatable bonds is 4. The minimum atomic E-state index is -4.77. The second-order valence-electron chi connectivity index (χ2n) is 7.52. The Morgan fingerprint density at radius 1 is 1.10 bits per heavy atom. The van der Waals surface area contributed by atoms with Crippen LogP contribution in [0, 0.1) is 6.92 Å². The maximum absolute atomic E-state index is 13.4. The molecular formula is C21H20F3N3O3S. The minimum Gasteiger partial charge on any atom is -0.339 e. The van der Waals surface area contributed by atoms with Gasteiger partial charge in [0.25, 0.3) is 0 Å². The second kappa shape index (κ2) is 8.08. The fraction of sp³-hybridized carbons (Fsp3) is 0.333. The summed E-state index contributed by atoms with van der Waals surface area (Å²) in [6.45, 7) is 2.06. The summed E-state index contributed by atoms with van der Waals surface area (Å²) >= 11 is 0. The molecule has 2 aromatic carbocycles. The number of halogens is 3. The zero-order chi connectivity index (χ0) is 22.2. The highest BCUT2D eigenvalue weighted by Gasteiger charge is 2.40. The number of aromatic nitrogens is 2. The van der Waals surface area contributed by atoms with Crippen molar-refractivity contribution >= 4 is 10.0 Å². The number of hydrogen-bond acceptors (Lipinski definition) is 5. The molecule has 1 fully saturated rings. The average Bonchev–Trinajstić information content (AvgIpc) is 3.24. The van der Waals surface area contributed by atoms with Crippen molar-refractivity contribution < 1.29 is 26.1 Å². The zero-order valence-electron chi connectivity index (χ0n) is 16.6. The van der Waals surface area contributed by atoms with E-state index in [0.717, 1.165) is 27.6 Å². The van der Waals surface area contributed by atoms with Crippen molar-refractivity contribution in [3.8, 4) is 11.4 Å². The van der Waals surface area contributed by atoms with E-state index in [2.05, 4.69) is 10.1 Å². The summed E-state index contributed by atoms with van der Waals surface area (Å²) < 4.78 is 72.6. The van der Waals surface area contributed by atoms with Gasteiger partial charge in [0.1, 0.15) is 0 Å².